The van der Waals surface area contributed by atoms with E-state index >= 15 is 0 Å². The summed E-state index contributed by atoms with van der Waals surface area (Å²) in [5.74, 6) is -0.553. The van der Waals surface area contributed by atoms with Gasteiger partial charge in [-0.05, 0) is 76.1 Å². The smallest absolute Gasteiger partial charge is 0.341 e. The number of fused-ring (bicyclic) bond motifs is 1. The van der Waals surface area contributed by atoms with Gasteiger partial charge in [0, 0.05) is 16.7 Å². The van der Waals surface area contributed by atoms with Gasteiger partial charge in [0.05, 0.1) is 16.6 Å². The van der Waals surface area contributed by atoms with Gasteiger partial charge >= 0.3 is 5.97 Å². The number of rotatable bonds is 4. The molecule has 26 heavy (non-hydrogen) atoms. The maximum atomic E-state index is 12.4. The summed E-state index contributed by atoms with van der Waals surface area (Å²) in [6.07, 6.45) is 5.46. The molecule has 1 aromatic heterocycles. The first-order valence-corrected chi connectivity index (χ1v) is 10.6. The zero-order valence-corrected chi connectivity index (χ0v) is 18.0. The van der Waals surface area contributed by atoms with Crippen molar-refractivity contribution in [2.75, 3.05) is 6.61 Å². The molecule has 1 heterocycles. The molecule has 0 bridgehead atoms. The number of hydrogen-bond donors (Lipinski definition) is 2. The zero-order valence-electron chi connectivity index (χ0n) is 14.0. The molecule has 8 heteroatoms. The summed E-state index contributed by atoms with van der Waals surface area (Å²) in [7, 11) is 0. The Kier molecular flexibility index (Phi) is 6.04. The van der Waals surface area contributed by atoms with Gasteiger partial charge in [0.1, 0.15) is 21.0 Å². The number of hydrogen-bond acceptors (Lipinski definition) is 6. The van der Waals surface area contributed by atoms with Gasteiger partial charge in [-0.3, -0.25) is 0 Å². The molecular formula is C18H17Br2NO4S. The lowest BCUT2D eigenvalue weighted by molar-refractivity contribution is 0.0526. The van der Waals surface area contributed by atoms with Gasteiger partial charge in [0.15, 0.2) is 0 Å². The maximum Gasteiger partial charge on any atom is 0.341 e. The zero-order chi connectivity index (χ0) is 18.8. The first-order valence-electron chi connectivity index (χ1n) is 8.19. The lowest BCUT2D eigenvalue weighted by Gasteiger charge is -2.11. The maximum absolute atomic E-state index is 12.4. The second kappa shape index (κ2) is 8.10. The Morgan fingerprint density at radius 1 is 1.31 bits per heavy atom. The van der Waals surface area contributed by atoms with Crippen LogP contribution in [-0.2, 0) is 17.6 Å². The minimum Gasteiger partial charge on any atom is -0.506 e. The monoisotopic (exact) mass is 501 g/mol. The van der Waals surface area contributed by atoms with Crippen LogP contribution in [0.25, 0.3) is 0 Å². The van der Waals surface area contributed by atoms with Crippen molar-refractivity contribution in [3.05, 3.63) is 36.6 Å². The van der Waals surface area contributed by atoms with Gasteiger partial charge in [0.25, 0.3) is 0 Å². The summed E-state index contributed by atoms with van der Waals surface area (Å²) in [5, 5.41) is 20.6. The summed E-state index contributed by atoms with van der Waals surface area (Å²) in [6, 6.07) is 1.57. The Bertz CT molecular complexity index is 892. The average Bonchev–Trinajstić information content (AvgIpc) is 3.00. The van der Waals surface area contributed by atoms with E-state index in [-0.39, 0.29) is 21.9 Å². The standard InChI is InChI=1S/C18H17Br2NO4S/c1-2-25-18(24)13-10-5-3-4-6-12(10)26-17(13)21-8-9-7-11(19)16(23)14(20)15(9)22/h7-8,22-23H,2-6H2,1H3. The lowest BCUT2D eigenvalue weighted by Crippen LogP contribution is -2.09. The van der Waals surface area contributed by atoms with Gasteiger partial charge in [-0.1, -0.05) is 0 Å². The van der Waals surface area contributed by atoms with Crippen molar-refractivity contribution < 1.29 is 19.7 Å². The fourth-order valence-corrected chi connectivity index (χ4v) is 5.27. The van der Waals surface area contributed by atoms with E-state index < -0.39 is 0 Å². The third kappa shape index (κ3) is 3.68. The number of carbonyl (C=O) groups is 1. The number of halogens is 2. The molecule has 0 saturated carbocycles. The number of aliphatic imine (C=N–C) groups is 1. The molecule has 0 fully saturated rings. The van der Waals surface area contributed by atoms with E-state index in [1.165, 1.54) is 22.4 Å². The fourth-order valence-electron chi connectivity index (χ4n) is 2.90. The van der Waals surface area contributed by atoms with Crippen LogP contribution >= 0.6 is 43.2 Å². The molecule has 2 aromatic rings. The van der Waals surface area contributed by atoms with Crippen molar-refractivity contribution in [3.63, 3.8) is 0 Å². The largest absolute Gasteiger partial charge is 0.506 e. The van der Waals surface area contributed by atoms with E-state index in [2.05, 4.69) is 36.9 Å². The molecule has 138 valence electrons. The van der Waals surface area contributed by atoms with Crippen LogP contribution < -0.4 is 0 Å². The van der Waals surface area contributed by atoms with Crippen molar-refractivity contribution in [1.29, 1.82) is 0 Å². The second-order valence-corrected chi connectivity index (χ2v) is 8.56. The number of phenolic OH excluding ortho intramolecular Hbond substituents is 2. The molecule has 0 unspecified atom stereocenters. The van der Waals surface area contributed by atoms with Crippen molar-refractivity contribution in [1.82, 2.24) is 0 Å². The van der Waals surface area contributed by atoms with E-state index in [4.69, 9.17) is 4.74 Å². The minimum atomic E-state index is -0.351. The van der Waals surface area contributed by atoms with Crippen LogP contribution in [-0.4, -0.2) is 29.0 Å². The quantitative estimate of drug-likeness (QED) is 0.428. The third-order valence-electron chi connectivity index (χ3n) is 4.15. The van der Waals surface area contributed by atoms with Gasteiger partial charge in [-0.25, -0.2) is 9.79 Å². The summed E-state index contributed by atoms with van der Waals surface area (Å²) < 4.78 is 5.83. The predicted octanol–water partition coefficient (Wildman–Crippen LogP) is 5.49. The number of benzene rings is 1. The number of phenols is 2. The van der Waals surface area contributed by atoms with Crippen molar-refractivity contribution in [2.45, 2.75) is 32.6 Å². The molecule has 1 aromatic carbocycles. The van der Waals surface area contributed by atoms with E-state index in [9.17, 15) is 15.0 Å². The van der Waals surface area contributed by atoms with Crippen LogP contribution in [0.1, 0.15) is 46.1 Å². The predicted molar refractivity (Wildman–Crippen MR) is 109 cm³/mol. The summed E-state index contributed by atoms with van der Waals surface area (Å²) >= 11 is 7.89. The third-order valence-corrected chi connectivity index (χ3v) is 6.71. The van der Waals surface area contributed by atoms with Crippen LogP contribution in [0.4, 0.5) is 5.00 Å². The van der Waals surface area contributed by atoms with Gasteiger partial charge in [0.2, 0.25) is 0 Å². The van der Waals surface area contributed by atoms with Gasteiger partial charge < -0.3 is 14.9 Å². The van der Waals surface area contributed by atoms with Crippen LogP contribution in [0.15, 0.2) is 20.0 Å². The number of carbonyl (C=O) groups excluding carboxylic acids is 1. The van der Waals surface area contributed by atoms with Crippen LogP contribution in [0.2, 0.25) is 0 Å². The Balaban J connectivity index is 2.04. The number of ether oxygens (including phenoxy) is 1. The molecule has 1 aliphatic rings. The van der Waals surface area contributed by atoms with Crippen molar-refractivity contribution in [2.24, 2.45) is 4.99 Å². The molecule has 0 aliphatic heterocycles. The normalized spacial score (nSPS) is 13.8. The van der Waals surface area contributed by atoms with Crippen LogP contribution in [0.5, 0.6) is 11.5 Å². The topological polar surface area (TPSA) is 79.1 Å². The Hall–Kier alpha value is -1.38. The number of aromatic hydroxyl groups is 2. The van der Waals surface area contributed by atoms with Gasteiger partial charge in [-0.15, -0.1) is 11.3 Å². The Morgan fingerprint density at radius 2 is 2.04 bits per heavy atom. The number of esters is 1. The van der Waals surface area contributed by atoms with Crippen LogP contribution in [0.3, 0.4) is 0 Å². The SMILES string of the molecule is CCOC(=O)c1c(N=Cc2cc(Br)c(O)c(Br)c2O)sc2c1CCCC2. The molecular weight excluding hydrogens is 486 g/mol. The number of thiophene rings is 1. The first kappa shape index (κ1) is 19.4. The fraction of sp³-hybridized carbons (Fsp3) is 0.333. The molecule has 0 saturated heterocycles. The van der Waals surface area contributed by atoms with E-state index in [0.29, 0.717) is 27.2 Å². The molecule has 5 nitrogen and oxygen atoms in total. The highest BCUT2D eigenvalue weighted by atomic mass is 79.9. The molecule has 0 spiro atoms. The lowest BCUT2D eigenvalue weighted by atomic mass is 9.95. The van der Waals surface area contributed by atoms with E-state index in [0.717, 1.165) is 31.2 Å². The van der Waals surface area contributed by atoms with Crippen molar-refractivity contribution >= 4 is 60.4 Å². The molecule has 3 rings (SSSR count). The van der Waals surface area contributed by atoms with E-state index in [1.54, 1.807) is 13.0 Å². The minimum absolute atomic E-state index is 0.0848. The molecule has 2 N–H and O–H groups in total. The number of nitrogens with zero attached hydrogens (tertiary/aromatic N) is 1. The first-order chi connectivity index (χ1) is 12.4. The van der Waals surface area contributed by atoms with Gasteiger partial charge in [-0.2, -0.15) is 0 Å². The highest BCUT2D eigenvalue weighted by Gasteiger charge is 2.26. The second-order valence-electron chi connectivity index (χ2n) is 5.83. The average molecular weight is 503 g/mol. The number of aryl methyl sites for hydroxylation is 1. The Labute approximate surface area is 172 Å². The van der Waals surface area contributed by atoms with Crippen molar-refractivity contribution in [3.8, 4) is 11.5 Å². The van der Waals surface area contributed by atoms with E-state index in [1.807, 2.05) is 0 Å². The summed E-state index contributed by atoms with van der Waals surface area (Å²) in [4.78, 5) is 18.1. The molecule has 0 atom stereocenters. The Morgan fingerprint density at radius 3 is 2.77 bits per heavy atom. The highest BCUT2D eigenvalue weighted by molar-refractivity contribution is 9.11. The molecule has 1 aliphatic carbocycles. The summed E-state index contributed by atoms with van der Waals surface area (Å²) in [5.41, 5.74) is 2.01. The highest BCUT2D eigenvalue weighted by Crippen LogP contribution is 2.42. The summed E-state index contributed by atoms with van der Waals surface area (Å²) in [6.45, 7) is 2.09. The van der Waals surface area contributed by atoms with Crippen LogP contribution in [0, 0.1) is 0 Å². The molecule has 0 amide bonds. The molecule has 0 radical (unpaired) electrons.